The maximum atomic E-state index is 13.5. The highest BCUT2D eigenvalue weighted by Gasteiger charge is 2.10. The quantitative estimate of drug-likeness (QED) is 0.726. The standard InChI is InChI=1S/C11H9FN6/c12-9-4-2-1-3-7(9)6-18-11-8(5-14-18)10(13)15-17-16-11/h1-5H,6H2,(H2,13,15,16). The number of anilines is 1. The average Bonchev–Trinajstić information content (AvgIpc) is 2.77. The maximum Gasteiger partial charge on any atom is 0.186 e. The number of hydrogen-bond acceptors (Lipinski definition) is 5. The van der Waals surface area contributed by atoms with E-state index in [-0.39, 0.29) is 18.2 Å². The fraction of sp³-hybridized carbons (Fsp3) is 0.0909. The molecule has 3 aromatic rings. The lowest BCUT2D eigenvalue weighted by atomic mass is 10.2. The third kappa shape index (κ3) is 1.65. The third-order valence-electron chi connectivity index (χ3n) is 2.66. The topological polar surface area (TPSA) is 82.5 Å². The van der Waals surface area contributed by atoms with Gasteiger partial charge < -0.3 is 5.73 Å². The summed E-state index contributed by atoms with van der Waals surface area (Å²) in [6.45, 7) is 0.272. The second-order valence-corrected chi connectivity index (χ2v) is 3.81. The van der Waals surface area contributed by atoms with Crippen LogP contribution in [-0.4, -0.2) is 25.2 Å². The monoisotopic (exact) mass is 244 g/mol. The molecule has 0 saturated heterocycles. The van der Waals surface area contributed by atoms with Crippen molar-refractivity contribution in [2.24, 2.45) is 0 Å². The molecule has 0 radical (unpaired) electrons. The molecule has 0 aliphatic carbocycles. The zero-order chi connectivity index (χ0) is 12.5. The zero-order valence-electron chi connectivity index (χ0n) is 9.29. The predicted octanol–water partition coefficient (Wildman–Crippen LogP) is 0.991. The van der Waals surface area contributed by atoms with Gasteiger partial charge in [-0.2, -0.15) is 5.10 Å². The van der Waals surface area contributed by atoms with Gasteiger partial charge in [-0.25, -0.2) is 9.07 Å². The Bertz CT molecular complexity index is 708. The highest BCUT2D eigenvalue weighted by atomic mass is 19.1. The van der Waals surface area contributed by atoms with Gasteiger partial charge >= 0.3 is 0 Å². The van der Waals surface area contributed by atoms with Crippen molar-refractivity contribution in [2.75, 3.05) is 5.73 Å². The molecule has 0 saturated carbocycles. The van der Waals surface area contributed by atoms with Crippen LogP contribution in [-0.2, 0) is 6.54 Å². The van der Waals surface area contributed by atoms with E-state index in [0.717, 1.165) is 0 Å². The summed E-state index contributed by atoms with van der Waals surface area (Å²) in [6.07, 6.45) is 1.55. The van der Waals surface area contributed by atoms with Gasteiger partial charge in [-0.05, 0) is 11.3 Å². The van der Waals surface area contributed by atoms with Gasteiger partial charge in [-0.3, -0.25) is 0 Å². The molecular weight excluding hydrogens is 235 g/mol. The third-order valence-corrected chi connectivity index (χ3v) is 2.66. The van der Waals surface area contributed by atoms with Crippen molar-refractivity contribution in [3.05, 3.63) is 41.8 Å². The fourth-order valence-corrected chi connectivity index (χ4v) is 1.74. The molecule has 90 valence electrons. The summed E-state index contributed by atoms with van der Waals surface area (Å²) < 4.78 is 15.1. The van der Waals surface area contributed by atoms with Crippen LogP contribution in [0.2, 0.25) is 0 Å². The van der Waals surface area contributed by atoms with Gasteiger partial charge in [-0.1, -0.05) is 18.2 Å². The minimum atomic E-state index is -0.281. The molecule has 2 heterocycles. The minimum Gasteiger partial charge on any atom is -0.381 e. The van der Waals surface area contributed by atoms with Crippen LogP contribution in [0.1, 0.15) is 5.56 Å². The summed E-state index contributed by atoms with van der Waals surface area (Å²) in [5, 5.41) is 15.8. The molecule has 3 rings (SSSR count). The fourth-order valence-electron chi connectivity index (χ4n) is 1.74. The molecule has 7 heteroatoms. The van der Waals surface area contributed by atoms with Crippen molar-refractivity contribution in [1.82, 2.24) is 25.2 Å². The van der Waals surface area contributed by atoms with E-state index < -0.39 is 0 Å². The van der Waals surface area contributed by atoms with Gasteiger partial charge in [0.05, 0.1) is 18.1 Å². The predicted molar refractivity (Wildman–Crippen MR) is 63.0 cm³/mol. The largest absolute Gasteiger partial charge is 0.381 e. The SMILES string of the molecule is Nc1nnnc2c1cnn2Cc1ccccc1F. The van der Waals surface area contributed by atoms with E-state index in [2.05, 4.69) is 20.5 Å². The smallest absolute Gasteiger partial charge is 0.186 e. The van der Waals surface area contributed by atoms with Crippen LogP contribution in [0.4, 0.5) is 10.2 Å². The van der Waals surface area contributed by atoms with Crippen LogP contribution in [0, 0.1) is 5.82 Å². The van der Waals surface area contributed by atoms with Gasteiger partial charge in [0.2, 0.25) is 0 Å². The molecule has 0 fully saturated rings. The van der Waals surface area contributed by atoms with Crippen molar-refractivity contribution < 1.29 is 4.39 Å². The molecule has 6 nitrogen and oxygen atoms in total. The Labute approximate surface area is 101 Å². The Morgan fingerprint density at radius 3 is 2.89 bits per heavy atom. The Morgan fingerprint density at radius 2 is 2.06 bits per heavy atom. The number of halogens is 1. The number of aromatic nitrogens is 5. The van der Waals surface area contributed by atoms with Crippen molar-refractivity contribution in [3.8, 4) is 0 Å². The minimum absolute atomic E-state index is 0.264. The van der Waals surface area contributed by atoms with Crippen molar-refractivity contribution in [2.45, 2.75) is 6.54 Å². The number of fused-ring (bicyclic) bond motifs is 1. The Hall–Kier alpha value is -2.57. The molecule has 18 heavy (non-hydrogen) atoms. The molecule has 0 amide bonds. The summed E-state index contributed by atoms with van der Waals surface area (Å²) in [4.78, 5) is 0. The molecule has 0 aliphatic heterocycles. The van der Waals surface area contributed by atoms with Crippen LogP contribution in [0.5, 0.6) is 0 Å². The van der Waals surface area contributed by atoms with Crippen LogP contribution in [0.3, 0.4) is 0 Å². The first-order valence-electron chi connectivity index (χ1n) is 5.29. The van der Waals surface area contributed by atoms with Crippen LogP contribution < -0.4 is 5.73 Å². The Balaban J connectivity index is 2.06. The molecule has 0 spiro atoms. The molecule has 0 aliphatic rings. The van der Waals surface area contributed by atoms with Crippen LogP contribution in [0.15, 0.2) is 30.5 Å². The second kappa shape index (κ2) is 4.02. The summed E-state index contributed by atoms with van der Waals surface area (Å²) in [6, 6.07) is 6.51. The summed E-state index contributed by atoms with van der Waals surface area (Å²) >= 11 is 0. The normalized spacial score (nSPS) is 10.9. The van der Waals surface area contributed by atoms with E-state index in [9.17, 15) is 4.39 Å². The summed E-state index contributed by atoms with van der Waals surface area (Å²) in [5.41, 5.74) is 6.67. The maximum absolute atomic E-state index is 13.5. The number of hydrogen-bond donors (Lipinski definition) is 1. The molecule has 0 atom stereocenters. The van der Waals surface area contributed by atoms with Gasteiger partial charge in [0.1, 0.15) is 5.82 Å². The van der Waals surface area contributed by atoms with E-state index in [1.165, 1.54) is 6.07 Å². The lowest BCUT2D eigenvalue weighted by molar-refractivity contribution is 0.588. The number of nitrogen functional groups attached to an aromatic ring is 1. The van der Waals surface area contributed by atoms with Gasteiger partial charge in [0.15, 0.2) is 11.5 Å². The highest BCUT2D eigenvalue weighted by molar-refractivity contribution is 5.84. The Morgan fingerprint density at radius 1 is 1.22 bits per heavy atom. The van der Waals surface area contributed by atoms with Crippen molar-refractivity contribution in [1.29, 1.82) is 0 Å². The van der Waals surface area contributed by atoms with Crippen LogP contribution in [0.25, 0.3) is 11.0 Å². The zero-order valence-corrected chi connectivity index (χ0v) is 9.29. The lowest BCUT2D eigenvalue weighted by Gasteiger charge is -2.03. The second-order valence-electron chi connectivity index (χ2n) is 3.81. The molecular formula is C11H9FN6. The van der Waals surface area contributed by atoms with Gasteiger partial charge in [0, 0.05) is 5.56 Å². The van der Waals surface area contributed by atoms with Gasteiger partial charge in [0.25, 0.3) is 0 Å². The molecule has 1 aromatic carbocycles. The summed E-state index contributed by atoms with van der Waals surface area (Å²) in [7, 11) is 0. The first-order chi connectivity index (χ1) is 8.75. The number of rotatable bonds is 2. The van der Waals surface area contributed by atoms with E-state index in [1.54, 1.807) is 29.1 Å². The van der Waals surface area contributed by atoms with E-state index in [1.807, 2.05) is 0 Å². The first-order valence-corrected chi connectivity index (χ1v) is 5.29. The summed E-state index contributed by atoms with van der Waals surface area (Å²) in [5.74, 6) is -0.0177. The van der Waals surface area contributed by atoms with E-state index in [0.29, 0.717) is 16.6 Å². The molecule has 0 bridgehead atoms. The lowest BCUT2D eigenvalue weighted by Crippen LogP contribution is -2.06. The molecule has 2 N–H and O–H groups in total. The average molecular weight is 244 g/mol. The molecule has 2 aromatic heterocycles. The van der Waals surface area contributed by atoms with Crippen molar-refractivity contribution >= 4 is 16.9 Å². The van der Waals surface area contributed by atoms with Crippen molar-refractivity contribution in [3.63, 3.8) is 0 Å². The Kier molecular flexibility index (Phi) is 2.36. The number of benzene rings is 1. The van der Waals surface area contributed by atoms with Crippen LogP contribution >= 0.6 is 0 Å². The van der Waals surface area contributed by atoms with E-state index in [4.69, 9.17) is 5.73 Å². The first kappa shape index (κ1) is 10.6. The molecule has 0 unspecified atom stereocenters. The number of nitrogens with zero attached hydrogens (tertiary/aromatic N) is 5. The van der Waals surface area contributed by atoms with Gasteiger partial charge in [-0.15, -0.1) is 10.2 Å². The highest BCUT2D eigenvalue weighted by Crippen LogP contribution is 2.16. The van der Waals surface area contributed by atoms with E-state index >= 15 is 0 Å². The number of nitrogens with two attached hydrogens (primary N) is 1.